The molecule has 0 saturated heterocycles. The van der Waals surface area contributed by atoms with Crippen LogP contribution in [-0.2, 0) is 14.8 Å². The highest BCUT2D eigenvalue weighted by Crippen LogP contribution is 2.26. The van der Waals surface area contributed by atoms with Crippen molar-refractivity contribution >= 4 is 33.3 Å². The molecule has 0 radical (unpaired) electrons. The number of rotatable bonds is 7. The molecule has 1 aromatic carbocycles. The summed E-state index contributed by atoms with van der Waals surface area (Å²) in [6, 6.07) is 1.59. The van der Waals surface area contributed by atoms with Crippen LogP contribution < -0.4 is 4.72 Å². The van der Waals surface area contributed by atoms with Crippen molar-refractivity contribution < 1.29 is 23.2 Å². The van der Waals surface area contributed by atoms with Crippen LogP contribution in [0.25, 0.3) is 0 Å². The Morgan fingerprint density at radius 3 is 2.62 bits per heavy atom. The Morgan fingerprint density at radius 2 is 2.14 bits per heavy atom. The number of halogens is 1. The van der Waals surface area contributed by atoms with Crippen molar-refractivity contribution in [2.75, 3.05) is 0 Å². The molecule has 0 aliphatic carbocycles. The second-order valence-electron chi connectivity index (χ2n) is 4.17. The van der Waals surface area contributed by atoms with Gasteiger partial charge in [-0.15, -0.1) is 0 Å². The maximum atomic E-state index is 12.1. The van der Waals surface area contributed by atoms with Gasteiger partial charge in [0.25, 0.3) is 5.69 Å². The number of aliphatic carboxylic acids is 1. The molecule has 0 aromatic heterocycles. The minimum atomic E-state index is -4.28. The summed E-state index contributed by atoms with van der Waals surface area (Å²) in [7, 11) is -4.28. The minimum absolute atomic E-state index is 0.0844. The lowest BCUT2D eigenvalue weighted by Crippen LogP contribution is -2.40. The molecule has 1 unspecified atom stereocenters. The maximum absolute atomic E-state index is 12.1. The fourth-order valence-electron chi connectivity index (χ4n) is 1.58. The molecule has 1 aromatic rings. The zero-order chi connectivity index (χ0) is 16.2. The van der Waals surface area contributed by atoms with E-state index in [1.807, 2.05) is 4.72 Å². The van der Waals surface area contributed by atoms with E-state index in [2.05, 4.69) is 0 Å². The van der Waals surface area contributed by atoms with E-state index in [1.54, 1.807) is 6.92 Å². The van der Waals surface area contributed by atoms with Gasteiger partial charge in [0.1, 0.15) is 10.9 Å². The number of hydrogen-bond acceptors (Lipinski definition) is 5. The van der Waals surface area contributed by atoms with Gasteiger partial charge >= 0.3 is 5.97 Å². The molecule has 0 aliphatic rings. The zero-order valence-electron chi connectivity index (χ0n) is 10.9. The van der Waals surface area contributed by atoms with Gasteiger partial charge in [0.2, 0.25) is 10.0 Å². The number of hydrogen-bond donors (Lipinski definition) is 2. The van der Waals surface area contributed by atoms with Crippen molar-refractivity contribution in [3.05, 3.63) is 33.3 Å². The fraction of sp³-hybridized carbons (Fsp3) is 0.364. The topological polar surface area (TPSA) is 127 Å². The van der Waals surface area contributed by atoms with Crippen molar-refractivity contribution in [2.45, 2.75) is 30.7 Å². The normalized spacial score (nSPS) is 12.9. The summed E-state index contributed by atoms with van der Waals surface area (Å²) in [5, 5.41) is 19.4. The number of sulfonamides is 1. The van der Waals surface area contributed by atoms with Gasteiger partial charge in [0.15, 0.2) is 0 Å². The number of carboxylic acid groups (broad SMARTS) is 1. The van der Waals surface area contributed by atoms with Gasteiger partial charge in [-0.2, -0.15) is 4.72 Å². The Kier molecular flexibility index (Phi) is 5.64. The van der Waals surface area contributed by atoms with Gasteiger partial charge in [-0.1, -0.05) is 24.9 Å². The second kappa shape index (κ2) is 6.83. The molecule has 2 N–H and O–H groups in total. The van der Waals surface area contributed by atoms with E-state index in [1.165, 1.54) is 0 Å². The number of benzene rings is 1. The van der Waals surface area contributed by atoms with E-state index in [9.17, 15) is 23.3 Å². The zero-order valence-corrected chi connectivity index (χ0v) is 12.5. The Morgan fingerprint density at radius 1 is 1.52 bits per heavy atom. The van der Waals surface area contributed by atoms with Crippen molar-refractivity contribution in [3.63, 3.8) is 0 Å². The summed E-state index contributed by atoms with van der Waals surface area (Å²) in [4.78, 5) is 20.4. The molecule has 0 aliphatic heterocycles. The molecule has 0 amide bonds. The van der Waals surface area contributed by atoms with Crippen LogP contribution in [0.3, 0.4) is 0 Å². The Hall–Kier alpha value is -1.71. The highest BCUT2D eigenvalue weighted by molar-refractivity contribution is 7.89. The van der Waals surface area contributed by atoms with E-state index in [4.69, 9.17) is 16.7 Å². The molecule has 116 valence electrons. The molecule has 10 heteroatoms. The number of non-ortho nitro benzene ring substituents is 1. The molecular weight excluding hydrogens is 324 g/mol. The van der Waals surface area contributed by atoms with Crippen LogP contribution in [0.15, 0.2) is 23.1 Å². The van der Waals surface area contributed by atoms with Crippen molar-refractivity contribution in [1.82, 2.24) is 4.72 Å². The first-order valence-electron chi connectivity index (χ1n) is 5.88. The van der Waals surface area contributed by atoms with Crippen LogP contribution >= 0.6 is 11.6 Å². The van der Waals surface area contributed by atoms with Crippen LogP contribution in [0.4, 0.5) is 5.69 Å². The summed E-state index contributed by atoms with van der Waals surface area (Å²) in [5.74, 6) is -1.33. The molecular formula is C11H13ClN2O6S. The molecule has 0 fully saturated rings. The molecule has 8 nitrogen and oxygen atoms in total. The van der Waals surface area contributed by atoms with E-state index < -0.39 is 37.5 Å². The summed E-state index contributed by atoms with van der Waals surface area (Å²) in [6.45, 7) is 1.70. The SMILES string of the molecule is CCCC(NS(=O)(=O)c1cc([N+](=O)[O-])ccc1Cl)C(=O)O. The summed E-state index contributed by atoms with van der Waals surface area (Å²) in [6.07, 6.45) is 0.531. The molecule has 1 atom stereocenters. The second-order valence-corrected chi connectivity index (χ2v) is 6.26. The third-order valence-corrected chi connectivity index (χ3v) is 4.54. The van der Waals surface area contributed by atoms with Crippen molar-refractivity contribution in [2.24, 2.45) is 0 Å². The third-order valence-electron chi connectivity index (χ3n) is 2.59. The van der Waals surface area contributed by atoms with E-state index in [0.717, 1.165) is 18.2 Å². The van der Waals surface area contributed by atoms with Crippen LogP contribution in [0.2, 0.25) is 5.02 Å². The maximum Gasteiger partial charge on any atom is 0.321 e. The molecule has 0 bridgehead atoms. The van der Waals surface area contributed by atoms with Crippen LogP contribution in [-0.4, -0.2) is 30.5 Å². The van der Waals surface area contributed by atoms with E-state index in [-0.39, 0.29) is 11.4 Å². The molecule has 1 rings (SSSR count). The number of nitro benzene ring substituents is 1. The average Bonchev–Trinajstić information content (AvgIpc) is 2.37. The standard InChI is InChI=1S/C11H13ClN2O6S/c1-2-3-9(11(15)16)13-21(19,20)10-6-7(14(17)18)4-5-8(10)12/h4-6,9,13H,2-3H2,1H3,(H,15,16). The lowest BCUT2D eigenvalue weighted by atomic mass is 10.2. The van der Waals surface area contributed by atoms with Gasteiger partial charge in [0.05, 0.1) is 9.95 Å². The number of carbonyl (C=O) groups is 1. The summed E-state index contributed by atoms with van der Waals surface area (Å²) < 4.78 is 26.3. The smallest absolute Gasteiger partial charge is 0.321 e. The predicted octanol–water partition coefficient (Wildman–Crippen LogP) is 1.78. The Labute approximate surface area is 125 Å². The lowest BCUT2D eigenvalue weighted by molar-refractivity contribution is -0.385. The molecule has 21 heavy (non-hydrogen) atoms. The monoisotopic (exact) mass is 336 g/mol. The predicted molar refractivity (Wildman–Crippen MR) is 74.8 cm³/mol. The average molecular weight is 337 g/mol. The minimum Gasteiger partial charge on any atom is -0.480 e. The summed E-state index contributed by atoms with van der Waals surface area (Å²) >= 11 is 5.74. The highest BCUT2D eigenvalue weighted by Gasteiger charge is 2.27. The fourth-order valence-corrected chi connectivity index (χ4v) is 3.33. The number of nitro groups is 1. The first-order chi connectivity index (χ1) is 9.69. The van der Waals surface area contributed by atoms with Gasteiger partial charge in [0, 0.05) is 12.1 Å². The number of carboxylic acids is 1. The molecule has 0 spiro atoms. The quantitative estimate of drug-likeness (QED) is 0.577. The molecule has 0 saturated carbocycles. The van der Waals surface area contributed by atoms with Crippen molar-refractivity contribution in [1.29, 1.82) is 0 Å². The van der Waals surface area contributed by atoms with Gasteiger partial charge in [-0.05, 0) is 12.5 Å². The van der Waals surface area contributed by atoms with Gasteiger partial charge in [-0.3, -0.25) is 14.9 Å². The Bertz CT molecular complexity index is 661. The lowest BCUT2D eigenvalue weighted by Gasteiger charge is -2.14. The molecule has 0 heterocycles. The van der Waals surface area contributed by atoms with Gasteiger partial charge in [-0.25, -0.2) is 8.42 Å². The van der Waals surface area contributed by atoms with Crippen molar-refractivity contribution in [3.8, 4) is 0 Å². The highest BCUT2D eigenvalue weighted by atomic mass is 35.5. The number of nitrogens with zero attached hydrogens (tertiary/aromatic N) is 1. The van der Waals surface area contributed by atoms with Crippen LogP contribution in [0, 0.1) is 10.1 Å². The third kappa shape index (κ3) is 4.38. The first-order valence-corrected chi connectivity index (χ1v) is 7.74. The van der Waals surface area contributed by atoms with E-state index in [0.29, 0.717) is 6.42 Å². The summed E-state index contributed by atoms with van der Waals surface area (Å²) in [5.41, 5.74) is -0.456. The largest absolute Gasteiger partial charge is 0.480 e. The van der Waals surface area contributed by atoms with Crippen LogP contribution in [0.5, 0.6) is 0 Å². The van der Waals surface area contributed by atoms with Gasteiger partial charge < -0.3 is 5.11 Å². The van der Waals surface area contributed by atoms with Crippen LogP contribution in [0.1, 0.15) is 19.8 Å². The van der Waals surface area contributed by atoms with E-state index >= 15 is 0 Å². The Balaban J connectivity index is 3.21. The number of nitrogens with one attached hydrogen (secondary N) is 1. The first kappa shape index (κ1) is 17.3.